The van der Waals surface area contributed by atoms with Crippen molar-refractivity contribution in [3.05, 3.63) is 39.7 Å². The summed E-state index contributed by atoms with van der Waals surface area (Å²) >= 11 is 0. The van der Waals surface area contributed by atoms with Crippen LogP contribution < -0.4 is 5.32 Å². The maximum Gasteiger partial charge on any atom is 0.304 e. The van der Waals surface area contributed by atoms with Gasteiger partial charge in [-0.1, -0.05) is 19.9 Å². The molecule has 2 N–H and O–H groups in total. The summed E-state index contributed by atoms with van der Waals surface area (Å²) in [5, 5.41) is 22.5. The maximum atomic E-state index is 13.4. The summed E-state index contributed by atoms with van der Waals surface area (Å²) in [5.41, 5.74) is 0.213. The van der Waals surface area contributed by atoms with E-state index in [4.69, 9.17) is 5.11 Å². The zero-order valence-electron chi connectivity index (χ0n) is 11.9. The predicted molar refractivity (Wildman–Crippen MR) is 74.9 cm³/mol. The average Bonchev–Trinajstić information content (AvgIpc) is 2.36. The van der Waals surface area contributed by atoms with Gasteiger partial charge in [0.2, 0.25) is 5.82 Å². The molecule has 0 aromatic heterocycles. The Hall–Kier alpha value is -1.53. The van der Waals surface area contributed by atoms with Crippen molar-refractivity contribution in [3.63, 3.8) is 0 Å². The Kier molecular flexibility index (Phi) is 6.04. The van der Waals surface area contributed by atoms with Crippen molar-refractivity contribution in [1.29, 1.82) is 0 Å². The van der Waals surface area contributed by atoms with Gasteiger partial charge in [-0.15, -0.1) is 0 Å². The molecule has 0 radical (unpaired) electrons. The summed E-state index contributed by atoms with van der Waals surface area (Å²) in [7, 11) is 0. The number of nitro groups is 1. The van der Waals surface area contributed by atoms with Gasteiger partial charge in [-0.05, 0) is 29.9 Å². The number of hydrogen-bond donors (Lipinski definition) is 2. The Labute approximate surface area is 118 Å². The number of hydrogen-bond acceptors (Lipinski definition) is 4. The normalized spacial score (nSPS) is 11.6. The highest BCUT2D eigenvalue weighted by atomic mass is 19.1. The third-order valence-corrected chi connectivity index (χ3v) is 3.15. The largest absolute Gasteiger partial charge is 0.396 e. The summed E-state index contributed by atoms with van der Waals surface area (Å²) in [6.45, 7) is 5.54. The molecule has 5 nitrogen and oxygen atoms in total. The third kappa shape index (κ3) is 5.22. The molecule has 0 unspecified atom stereocenters. The molecule has 0 atom stereocenters. The standard InChI is InChI=1S/C14H21FN2O3/c1-14(2,6-3-7-18)10-16-9-11-4-5-13(17(19)20)12(15)8-11/h4-5,8,16,18H,3,6-7,9-10H2,1-2H3. The van der Waals surface area contributed by atoms with Gasteiger partial charge >= 0.3 is 5.69 Å². The molecule has 0 spiro atoms. The third-order valence-electron chi connectivity index (χ3n) is 3.15. The molecule has 0 aliphatic rings. The Morgan fingerprint density at radius 1 is 1.45 bits per heavy atom. The second kappa shape index (κ2) is 7.31. The van der Waals surface area contributed by atoms with E-state index in [1.807, 2.05) is 0 Å². The van der Waals surface area contributed by atoms with Crippen LogP contribution in [0.3, 0.4) is 0 Å². The first kappa shape index (κ1) is 16.5. The molecule has 6 heteroatoms. The van der Waals surface area contributed by atoms with Gasteiger partial charge in [0, 0.05) is 25.8 Å². The van der Waals surface area contributed by atoms with E-state index in [-0.39, 0.29) is 12.0 Å². The number of nitro benzene ring substituents is 1. The molecule has 0 aliphatic heterocycles. The number of halogens is 1. The van der Waals surface area contributed by atoms with E-state index in [1.165, 1.54) is 12.1 Å². The number of rotatable bonds is 8. The van der Waals surface area contributed by atoms with Crippen LogP contribution in [-0.4, -0.2) is 23.2 Å². The SMILES string of the molecule is CC(C)(CCCO)CNCc1ccc([N+](=O)[O-])c(F)c1. The van der Waals surface area contributed by atoms with E-state index in [0.717, 1.165) is 19.4 Å². The van der Waals surface area contributed by atoms with Gasteiger partial charge in [0.25, 0.3) is 0 Å². The summed E-state index contributed by atoms with van der Waals surface area (Å²) in [6.07, 6.45) is 1.64. The molecular weight excluding hydrogens is 263 g/mol. The van der Waals surface area contributed by atoms with Gasteiger partial charge in [0.1, 0.15) is 0 Å². The zero-order valence-corrected chi connectivity index (χ0v) is 11.9. The monoisotopic (exact) mass is 284 g/mol. The topological polar surface area (TPSA) is 75.4 Å². The van der Waals surface area contributed by atoms with Crippen molar-refractivity contribution in [1.82, 2.24) is 5.32 Å². The van der Waals surface area contributed by atoms with Gasteiger partial charge in [-0.3, -0.25) is 10.1 Å². The minimum atomic E-state index is -0.811. The van der Waals surface area contributed by atoms with E-state index >= 15 is 0 Å². The highest BCUT2D eigenvalue weighted by Crippen LogP contribution is 2.21. The van der Waals surface area contributed by atoms with Gasteiger partial charge in [0.15, 0.2) is 0 Å². The van der Waals surface area contributed by atoms with Crippen LogP contribution in [0.2, 0.25) is 0 Å². The second-order valence-electron chi connectivity index (χ2n) is 5.64. The summed E-state index contributed by atoms with van der Waals surface area (Å²) in [5.74, 6) is -0.811. The molecule has 0 amide bonds. The van der Waals surface area contributed by atoms with Crippen LogP contribution in [0.25, 0.3) is 0 Å². The molecular formula is C14H21FN2O3. The molecule has 0 saturated heterocycles. The lowest BCUT2D eigenvalue weighted by Gasteiger charge is -2.24. The van der Waals surface area contributed by atoms with Crippen LogP contribution in [0.15, 0.2) is 18.2 Å². The molecule has 0 fully saturated rings. The lowest BCUT2D eigenvalue weighted by atomic mass is 9.88. The van der Waals surface area contributed by atoms with Crippen molar-refractivity contribution in [2.24, 2.45) is 5.41 Å². The molecule has 0 bridgehead atoms. The van der Waals surface area contributed by atoms with E-state index in [1.54, 1.807) is 6.07 Å². The molecule has 0 heterocycles. The van der Waals surface area contributed by atoms with Crippen LogP contribution in [0, 0.1) is 21.3 Å². The molecule has 0 saturated carbocycles. The van der Waals surface area contributed by atoms with Crippen LogP contribution in [0.5, 0.6) is 0 Å². The second-order valence-corrected chi connectivity index (χ2v) is 5.64. The van der Waals surface area contributed by atoms with Crippen molar-refractivity contribution >= 4 is 5.69 Å². The Morgan fingerprint density at radius 3 is 2.70 bits per heavy atom. The summed E-state index contributed by atoms with van der Waals surface area (Å²) in [4.78, 5) is 9.78. The Balaban J connectivity index is 2.50. The highest BCUT2D eigenvalue weighted by molar-refractivity contribution is 5.34. The molecule has 1 aromatic rings. The van der Waals surface area contributed by atoms with Crippen molar-refractivity contribution in [2.75, 3.05) is 13.2 Å². The Bertz CT molecular complexity index is 464. The lowest BCUT2D eigenvalue weighted by molar-refractivity contribution is -0.387. The molecule has 0 aliphatic carbocycles. The van der Waals surface area contributed by atoms with Crippen molar-refractivity contribution in [3.8, 4) is 0 Å². The first-order valence-electron chi connectivity index (χ1n) is 6.60. The van der Waals surface area contributed by atoms with Crippen molar-refractivity contribution in [2.45, 2.75) is 33.2 Å². The van der Waals surface area contributed by atoms with Gasteiger partial charge in [0.05, 0.1) is 4.92 Å². The number of nitrogens with one attached hydrogen (secondary N) is 1. The van der Waals surface area contributed by atoms with Crippen molar-refractivity contribution < 1.29 is 14.4 Å². The van der Waals surface area contributed by atoms with E-state index in [2.05, 4.69) is 19.2 Å². The number of benzene rings is 1. The number of nitrogens with zero attached hydrogens (tertiary/aromatic N) is 1. The molecule has 1 aromatic carbocycles. The fraction of sp³-hybridized carbons (Fsp3) is 0.571. The van der Waals surface area contributed by atoms with Crippen LogP contribution in [-0.2, 0) is 6.54 Å². The van der Waals surface area contributed by atoms with E-state index in [9.17, 15) is 14.5 Å². The molecule has 1 rings (SSSR count). The maximum absolute atomic E-state index is 13.4. The highest BCUT2D eigenvalue weighted by Gasteiger charge is 2.17. The number of aliphatic hydroxyl groups excluding tert-OH is 1. The predicted octanol–water partition coefficient (Wildman–Crippen LogP) is 2.62. The Morgan fingerprint density at radius 2 is 2.15 bits per heavy atom. The van der Waals surface area contributed by atoms with Crippen LogP contribution >= 0.6 is 0 Å². The summed E-state index contributed by atoms with van der Waals surface area (Å²) < 4.78 is 13.4. The van der Waals surface area contributed by atoms with Gasteiger partial charge < -0.3 is 10.4 Å². The van der Waals surface area contributed by atoms with Crippen LogP contribution in [0.1, 0.15) is 32.3 Å². The molecule has 20 heavy (non-hydrogen) atoms. The van der Waals surface area contributed by atoms with E-state index < -0.39 is 16.4 Å². The minimum absolute atomic E-state index is 0.0437. The smallest absolute Gasteiger partial charge is 0.304 e. The van der Waals surface area contributed by atoms with Gasteiger partial charge in [-0.2, -0.15) is 4.39 Å². The summed E-state index contributed by atoms with van der Waals surface area (Å²) in [6, 6.07) is 3.92. The minimum Gasteiger partial charge on any atom is -0.396 e. The number of aliphatic hydroxyl groups is 1. The first-order chi connectivity index (χ1) is 9.35. The fourth-order valence-electron chi connectivity index (χ4n) is 2.00. The first-order valence-corrected chi connectivity index (χ1v) is 6.60. The lowest BCUT2D eigenvalue weighted by Crippen LogP contribution is -2.29. The average molecular weight is 284 g/mol. The van der Waals surface area contributed by atoms with Crippen LogP contribution in [0.4, 0.5) is 10.1 Å². The zero-order chi connectivity index (χ0) is 15.2. The molecule has 112 valence electrons. The van der Waals surface area contributed by atoms with Gasteiger partial charge in [-0.25, -0.2) is 0 Å². The quantitative estimate of drug-likeness (QED) is 0.568. The fourth-order valence-corrected chi connectivity index (χ4v) is 2.00. The van der Waals surface area contributed by atoms with E-state index in [0.29, 0.717) is 12.1 Å².